The molecule has 0 radical (unpaired) electrons. The Morgan fingerprint density at radius 3 is 1.79 bits per heavy atom. The number of anilines is 4. The molecule has 0 aliphatic carbocycles. The van der Waals surface area contributed by atoms with Gasteiger partial charge in [0.2, 0.25) is 0 Å². The Balaban J connectivity index is 0.00000625. The second-order valence-corrected chi connectivity index (χ2v) is 23.6. The second kappa shape index (κ2) is 17.4. The molecule has 0 unspecified atom stereocenters. The minimum Gasteiger partial charge on any atom is -0.509 e. The molecule has 0 N–H and O–H groups in total. The van der Waals surface area contributed by atoms with Crippen molar-refractivity contribution < 1.29 is 25.8 Å². The van der Waals surface area contributed by atoms with E-state index in [1.807, 2.05) is 18.3 Å². The molecule has 0 spiro atoms. The van der Waals surface area contributed by atoms with Gasteiger partial charge in [-0.3, -0.25) is 0 Å². The summed E-state index contributed by atoms with van der Waals surface area (Å²) in [7, 11) is 0. The molecule has 6 aromatic carbocycles. The summed E-state index contributed by atoms with van der Waals surface area (Å²) in [5.74, 6) is 2.06. The number of para-hydroxylation sites is 1. The topological polar surface area (TPSA) is 33.5 Å². The molecule has 0 saturated carbocycles. The monoisotopic (exact) mass is 1080 g/mol. The third kappa shape index (κ3) is 9.28. The molecule has 0 amide bonds. The van der Waals surface area contributed by atoms with Crippen molar-refractivity contribution >= 4 is 44.6 Å². The summed E-state index contributed by atoms with van der Waals surface area (Å²) in [4.78, 5) is 9.47. The van der Waals surface area contributed by atoms with Gasteiger partial charge < -0.3 is 19.1 Å². The molecule has 0 atom stereocenters. The van der Waals surface area contributed by atoms with Crippen LogP contribution >= 0.6 is 0 Å². The number of ether oxygens (including phenoxy) is 1. The molecule has 0 saturated heterocycles. The smallest absolute Gasteiger partial charge is 0.135 e. The molecule has 1 aliphatic heterocycles. The van der Waals surface area contributed by atoms with Crippen LogP contribution in [0.1, 0.15) is 132 Å². The fraction of sp³-hybridized carbons (Fsp3) is 0.323. The molecular weight excluding hydrogens is 1010 g/mol. The van der Waals surface area contributed by atoms with E-state index in [0.29, 0.717) is 11.5 Å². The Kier molecular flexibility index (Phi) is 12.5. The predicted molar refractivity (Wildman–Crippen MR) is 283 cm³/mol. The van der Waals surface area contributed by atoms with Crippen molar-refractivity contribution in [1.29, 1.82) is 0 Å². The van der Waals surface area contributed by atoms with Gasteiger partial charge in [0, 0.05) is 61.3 Å². The quantitative estimate of drug-likeness (QED) is 0.155. The van der Waals surface area contributed by atoms with Crippen molar-refractivity contribution in [2.24, 2.45) is 0 Å². The fourth-order valence-corrected chi connectivity index (χ4v) is 9.34. The fourth-order valence-electron chi connectivity index (χ4n) is 9.34. The van der Waals surface area contributed by atoms with Crippen molar-refractivity contribution in [2.75, 3.05) is 9.80 Å². The van der Waals surface area contributed by atoms with Gasteiger partial charge in [-0.25, -0.2) is 4.98 Å². The number of benzene rings is 6. The minimum atomic E-state index is -0.0956. The molecule has 9 rings (SSSR count). The molecule has 8 aromatic rings. The molecule has 3 heterocycles. The zero-order valence-electron chi connectivity index (χ0n) is 42.7. The Hall–Kier alpha value is -5.64. The van der Waals surface area contributed by atoms with E-state index in [1.165, 1.54) is 38.9 Å². The van der Waals surface area contributed by atoms with Crippen molar-refractivity contribution in [3.8, 4) is 28.4 Å². The first-order valence-electron chi connectivity index (χ1n) is 23.9. The molecule has 68 heavy (non-hydrogen) atoms. The van der Waals surface area contributed by atoms with Crippen LogP contribution in [0.5, 0.6) is 11.5 Å². The SMILES string of the molecule is CC(C)(C)c1cccc(N2[CH-]N(c3[c-]c(Oc4[c-]c5c(cc4)c4ccccc4n5-c4cc(C(C)(C)C)ccn4)ccc3)c3cc(-c4c(C(C)(C)C)cc(C(C)(C)C)cc4C(C)(C)C)ccc32)c1.[Pt]. The first kappa shape index (κ1) is 48.8. The standard InChI is InChI=1S/C62H67N4O.Pt/c1-58(2,3)41-20-18-21-44(33-41)64-39-65(55-32-40(26-29-53(55)64)57-50(61(10,11)12)34-43(60(7,8)9)35-51(57)62(13,14)15)45-22-19-23-46(37-45)67-47-27-28-49-48-24-16-17-25-52(48)66(54(49)38-47)56-36-42(30-31-63-56)59(4,5)6;/h16-36,39H,1-15H3;/q-3;. The number of hydrogen-bond donors (Lipinski definition) is 0. The number of rotatable bonds is 6. The average molecular weight is 1080 g/mol. The van der Waals surface area contributed by atoms with Crippen LogP contribution < -0.4 is 14.5 Å². The van der Waals surface area contributed by atoms with Gasteiger partial charge in [-0.15, -0.1) is 48.1 Å². The number of aromatic nitrogens is 2. The third-order valence-electron chi connectivity index (χ3n) is 13.3. The maximum atomic E-state index is 6.74. The van der Waals surface area contributed by atoms with Crippen LogP contribution in [0.25, 0.3) is 38.8 Å². The van der Waals surface area contributed by atoms with Gasteiger partial charge in [0.05, 0.1) is 0 Å². The van der Waals surface area contributed by atoms with Crippen molar-refractivity contribution in [3.63, 3.8) is 0 Å². The maximum Gasteiger partial charge on any atom is 0.135 e. The zero-order chi connectivity index (χ0) is 48.0. The van der Waals surface area contributed by atoms with Crippen LogP contribution in [0.4, 0.5) is 22.7 Å². The van der Waals surface area contributed by atoms with Crippen LogP contribution in [-0.2, 0) is 48.1 Å². The molecule has 1 aliphatic rings. The number of fused-ring (bicyclic) bond motifs is 4. The Labute approximate surface area is 420 Å². The Morgan fingerprint density at radius 2 is 1.13 bits per heavy atom. The minimum absolute atomic E-state index is 0. The molecule has 0 fully saturated rings. The van der Waals surface area contributed by atoms with E-state index in [9.17, 15) is 0 Å². The zero-order valence-corrected chi connectivity index (χ0v) is 45.0. The Bertz CT molecular complexity index is 3140. The van der Waals surface area contributed by atoms with Gasteiger partial charge in [0.25, 0.3) is 0 Å². The summed E-state index contributed by atoms with van der Waals surface area (Å²) in [6.45, 7) is 36.8. The maximum absolute atomic E-state index is 6.74. The van der Waals surface area contributed by atoms with Crippen molar-refractivity contribution in [2.45, 2.75) is 131 Å². The summed E-state index contributed by atoms with van der Waals surface area (Å²) >= 11 is 0. The predicted octanol–water partition coefficient (Wildman–Crippen LogP) is 17.1. The first-order chi connectivity index (χ1) is 31.4. The molecule has 0 bridgehead atoms. The molecule has 6 heteroatoms. The largest absolute Gasteiger partial charge is 0.509 e. The van der Waals surface area contributed by atoms with Gasteiger partial charge in [0.1, 0.15) is 5.82 Å². The molecule has 5 nitrogen and oxygen atoms in total. The van der Waals surface area contributed by atoms with E-state index in [2.05, 4.69) is 246 Å². The van der Waals surface area contributed by atoms with E-state index in [-0.39, 0.29) is 48.1 Å². The molecular formula is C62H67N4OPt-3. The van der Waals surface area contributed by atoms with Crippen LogP contribution in [0, 0.1) is 18.8 Å². The van der Waals surface area contributed by atoms with Crippen LogP contribution in [0.2, 0.25) is 0 Å². The van der Waals surface area contributed by atoms with Crippen molar-refractivity contribution in [3.05, 3.63) is 174 Å². The van der Waals surface area contributed by atoms with Crippen LogP contribution in [-0.4, -0.2) is 9.55 Å². The molecule has 354 valence electrons. The average Bonchev–Trinajstić information content (AvgIpc) is 3.80. The van der Waals surface area contributed by atoms with Gasteiger partial charge in [-0.05, 0) is 114 Å². The van der Waals surface area contributed by atoms with Gasteiger partial charge in [-0.1, -0.05) is 158 Å². The number of nitrogens with zero attached hydrogens (tertiary/aromatic N) is 4. The molecule has 2 aromatic heterocycles. The summed E-state index contributed by atoms with van der Waals surface area (Å²) in [6, 6.07) is 51.3. The van der Waals surface area contributed by atoms with Crippen LogP contribution in [0.3, 0.4) is 0 Å². The normalized spacial score (nSPS) is 13.6. The van der Waals surface area contributed by atoms with E-state index in [0.717, 1.165) is 50.4 Å². The summed E-state index contributed by atoms with van der Waals surface area (Å²) in [6.07, 6.45) is 1.91. The Morgan fingerprint density at radius 1 is 0.500 bits per heavy atom. The second-order valence-electron chi connectivity index (χ2n) is 23.6. The van der Waals surface area contributed by atoms with Gasteiger partial charge in [-0.2, -0.15) is 12.1 Å². The van der Waals surface area contributed by atoms with Crippen LogP contribution in [0.15, 0.2) is 128 Å². The summed E-state index contributed by atoms with van der Waals surface area (Å²) < 4.78 is 8.95. The van der Waals surface area contributed by atoms with Gasteiger partial charge in [0.15, 0.2) is 0 Å². The summed E-state index contributed by atoms with van der Waals surface area (Å²) in [5.41, 5.74) is 15.0. The van der Waals surface area contributed by atoms with Crippen molar-refractivity contribution in [1.82, 2.24) is 9.55 Å². The first-order valence-corrected chi connectivity index (χ1v) is 23.9. The summed E-state index contributed by atoms with van der Waals surface area (Å²) in [5, 5.41) is 2.24. The van der Waals surface area contributed by atoms with Gasteiger partial charge >= 0.3 is 0 Å². The number of pyridine rings is 1. The van der Waals surface area contributed by atoms with E-state index < -0.39 is 0 Å². The number of hydrogen-bond acceptors (Lipinski definition) is 4. The van der Waals surface area contributed by atoms with E-state index in [1.54, 1.807) is 0 Å². The van der Waals surface area contributed by atoms with E-state index in [4.69, 9.17) is 9.72 Å². The third-order valence-corrected chi connectivity index (χ3v) is 13.3. The van der Waals surface area contributed by atoms with E-state index >= 15 is 0 Å².